The van der Waals surface area contributed by atoms with Gasteiger partial charge in [0.2, 0.25) is 0 Å². The van der Waals surface area contributed by atoms with Gasteiger partial charge in [-0.25, -0.2) is 9.97 Å². The molecule has 0 aliphatic carbocycles. The fourth-order valence-corrected chi connectivity index (χ4v) is 4.68. The summed E-state index contributed by atoms with van der Waals surface area (Å²) in [5, 5.41) is 8.86. The number of benzene rings is 1. The first-order valence-corrected chi connectivity index (χ1v) is 10.6. The van der Waals surface area contributed by atoms with E-state index >= 15 is 0 Å². The van der Waals surface area contributed by atoms with Crippen molar-refractivity contribution in [1.82, 2.24) is 25.1 Å². The molecular weight excluding hydrogens is 364 g/mol. The molecule has 2 aromatic heterocycles. The van der Waals surface area contributed by atoms with Gasteiger partial charge in [-0.05, 0) is 31.4 Å². The Morgan fingerprint density at radius 1 is 1.17 bits per heavy atom. The lowest BCUT2D eigenvalue weighted by molar-refractivity contribution is 0.0340. The van der Waals surface area contributed by atoms with Crippen LogP contribution in [0.15, 0.2) is 30.7 Å². The molecule has 1 atom stereocenters. The number of aryl methyl sites for hydroxylation is 1. The molecule has 2 aliphatic rings. The van der Waals surface area contributed by atoms with E-state index in [1.807, 2.05) is 6.20 Å². The predicted molar refractivity (Wildman–Crippen MR) is 113 cm³/mol. The van der Waals surface area contributed by atoms with Crippen molar-refractivity contribution in [2.24, 2.45) is 0 Å². The molecule has 0 saturated carbocycles. The highest BCUT2D eigenvalue weighted by Crippen LogP contribution is 2.33. The smallest absolute Gasteiger partial charge is 0.139 e. The number of aromatic nitrogens is 4. The normalized spacial score (nSPS) is 21.0. The summed E-state index contributed by atoms with van der Waals surface area (Å²) in [5.41, 5.74) is 4.85. The van der Waals surface area contributed by atoms with Crippen LogP contribution in [-0.4, -0.2) is 64.5 Å². The van der Waals surface area contributed by atoms with Crippen molar-refractivity contribution in [3.05, 3.63) is 47.5 Å². The maximum atomic E-state index is 5.49. The number of fused-ring (bicyclic) bond motifs is 1. The third-order valence-electron chi connectivity index (χ3n) is 6.22. The molecule has 0 spiro atoms. The van der Waals surface area contributed by atoms with E-state index in [-0.39, 0.29) is 0 Å². The number of nitrogens with one attached hydrogen (secondary N) is 1. The summed E-state index contributed by atoms with van der Waals surface area (Å²) in [6, 6.07) is 6.35. The van der Waals surface area contributed by atoms with Gasteiger partial charge in [0.15, 0.2) is 0 Å². The minimum absolute atomic E-state index is 0.442. The third-order valence-corrected chi connectivity index (χ3v) is 6.22. The van der Waals surface area contributed by atoms with Gasteiger partial charge in [0, 0.05) is 55.3 Å². The summed E-state index contributed by atoms with van der Waals surface area (Å²) in [5.74, 6) is 1.50. The average Bonchev–Trinajstić information content (AvgIpc) is 3.23. The van der Waals surface area contributed by atoms with E-state index in [1.54, 1.807) is 6.33 Å². The zero-order chi connectivity index (χ0) is 19.6. The average molecular weight is 393 g/mol. The van der Waals surface area contributed by atoms with Gasteiger partial charge in [-0.3, -0.25) is 10.00 Å². The molecule has 0 amide bonds. The van der Waals surface area contributed by atoms with Crippen LogP contribution in [0.2, 0.25) is 0 Å². The van der Waals surface area contributed by atoms with Crippen molar-refractivity contribution < 1.29 is 4.74 Å². The molecule has 1 N–H and O–H groups in total. The van der Waals surface area contributed by atoms with E-state index < -0.39 is 0 Å². The highest BCUT2D eigenvalue weighted by Gasteiger charge is 2.27. The minimum Gasteiger partial charge on any atom is -0.379 e. The standard InChI is InChI=1S/C22H28N6O/c1-16-4-2-6-19-20(16)23-15-24-22(19)28-7-3-5-17(14-28)21-18(12-25-26-21)13-27-8-10-29-11-9-27/h2,4,6,12,15,17H,3,5,7-11,13-14H2,1H3,(H,25,26). The Labute approximate surface area is 171 Å². The van der Waals surface area contributed by atoms with E-state index in [2.05, 4.69) is 55.1 Å². The van der Waals surface area contributed by atoms with Gasteiger partial charge >= 0.3 is 0 Å². The molecule has 7 heteroatoms. The molecular formula is C22H28N6O. The van der Waals surface area contributed by atoms with Crippen LogP contribution in [0.25, 0.3) is 10.9 Å². The van der Waals surface area contributed by atoms with E-state index in [4.69, 9.17) is 4.74 Å². The van der Waals surface area contributed by atoms with Gasteiger partial charge < -0.3 is 9.64 Å². The maximum Gasteiger partial charge on any atom is 0.139 e. The fourth-order valence-electron chi connectivity index (χ4n) is 4.68. The predicted octanol–water partition coefficient (Wildman–Crippen LogP) is 2.88. The number of nitrogens with zero attached hydrogens (tertiary/aromatic N) is 5. The number of morpholine rings is 1. The Hall–Kier alpha value is -2.51. The molecule has 5 rings (SSSR count). The molecule has 0 radical (unpaired) electrons. The molecule has 2 fully saturated rings. The van der Waals surface area contributed by atoms with Gasteiger partial charge in [-0.2, -0.15) is 5.10 Å². The van der Waals surface area contributed by atoms with Gasteiger partial charge in [-0.15, -0.1) is 0 Å². The largest absolute Gasteiger partial charge is 0.379 e. The number of anilines is 1. The highest BCUT2D eigenvalue weighted by molar-refractivity contribution is 5.91. The number of para-hydroxylation sites is 1. The molecule has 1 aromatic carbocycles. The van der Waals surface area contributed by atoms with Crippen LogP contribution in [0.3, 0.4) is 0 Å². The van der Waals surface area contributed by atoms with Crippen molar-refractivity contribution >= 4 is 16.7 Å². The summed E-state index contributed by atoms with van der Waals surface area (Å²) >= 11 is 0. The van der Waals surface area contributed by atoms with E-state index in [0.717, 1.165) is 69.1 Å². The van der Waals surface area contributed by atoms with Crippen LogP contribution in [0, 0.1) is 6.92 Å². The topological polar surface area (TPSA) is 70.2 Å². The number of ether oxygens (including phenoxy) is 1. The number of rotatable bonds is 4. The summed E-state index contributed by atoms with van der Waals surface area (Å²) in [7, 11) is 0. The number of aromatic amines is 1. The molecule has 29 heavy (non-hydrogen) atoms. The van der Waals surface area contributed by atoms with Crippen LogP contribution in [0.5, 0.6) is 0 Å². The molecule has 7 nitrogen and oxygen atoms in total. The zero-order valence-corrected chi connectivity index (χ0v) is 17.0. The van der Waals surface area contributed by atoms with Crippen LogP contribution in [0.4, 0.5) is 5.82 Å². The summed E-state index contributed by atoms with van der Waals surface area (Å²) in [6.45, 7) is 8.68. The summed E-state index contributed by atoms with van der Waals surface area (Å²) in [6.07, 6.45) is 6.04. The van der Waals surface area contributed by atoms with Gasteiger partial charge in [0.1, 0.15) is 12.1 Å². The number of hydrogen-bond donors (Lipinski definition) is 1. The van der Waals surface area contributed by atoms with Crippen molar-refractivity contribution in [1.29, 1.82) is 0 Å². The van der Waals surface area contributed by atoms with Gasteiger partial charge in [0.05, 0.1) is 24.9 Å². The Bertz CT molecular complexity index is 980. The molecule has 3 aromatic rings. The monoisotopic (exact) mass is 392 g/mol. The van der Waals surface area contributed by atoms with Crippen molar-refractivity contribution in [3.63, 3.8) is 0 Å². The molecule has 0 bridgehead atoms. The lowest BCUT2D eigenvalue weighted by Crippen LogP contribution is -2.37. The molecule has 1 unspecified atom stereocenters. The molecule has 4 heterocycles. The number of piperidine rings is 1. The number of H-pyrrole nitrogens is 1. The summed E-state index contributed by atoms with van der Waals surface area (Å²) in [4.78, 5) is 14.1. The first kappa shape index (κ1) is 18.5. The third kappa shape index (κ3) is 3.72. The first-order chi connectivity index (χ1) is 14.3. The van der Waals surface area contributed by atoms with Crippen molar-refractivity contribution in [2.75, 3.05) is 44.3 Å². The second-order valence-electron chi connectivity index (χ2n) is 8.15. The van der Waals surface area contributed by atoms with Crippen LogP contribution < -0.4 is 4.90 Å². The van der Waals surface area contributed by atoms with E-state index in [1.165, 1.54) is 23.2 Å². The van der Waals surface area contributed by atoms with Crippen molar-refractivity contribution in [2.45, 2.75) is 32.2 Å². The van der Waals surface area contributed by atoms with Crippen LogP contribution >= 0.6 is 0 Å². The highest BCUT2D eigenvalue weighted by atomic mass is 16.5. The zero-order valence-electron chi connectivity index (χ0n) is 17.0. The van der Waals surface area contributed by atoms with Gasteiger partial charge in [-0.1, -0.05) is 12.1 Å². The van der Waals surface area contributed by atoms with Gasteiger partial charge in [0.25, 0.3) is 0 Å². The second-order valence-corrected chi connectivity index (χ2v) is 8.15. The quantitative estimate of drug-likeness (QED) is 0.736. The SMILES string of the molecule is Cc1cccc2c(N3CCCC(c4[nH]ncc4CN4CCOCC4)C3)ncnc12. The van der Waals surface area contributed by atoms with Crippen LogP contribution in [-0.2, 0) is 11.3 Å². The summed E-state index contributed by atoms with van der Waals surface area (Å²) < 4.78 is 5.49. The minimum atomic E-state index is 0.442. The lowest BCUT2D eigenvalue weighted by atomic mass is 9.92. The Morgan fingerprint density at radius 2 is 2.07 bits per heavy atom. The van der Waals surface area contributed by atoms with E-state index in [9.17, 15) is 0 Å². The lowest BCUT2D eigenvalue weighted by Gasteiger charge is -2.34. The molecule has 152 valence electrons. The molecule has 2 saturated heterocycles. The Morgan fingerprint density at radius 3 is 2.97 bits per heavy atom. The fraction of sp³-hybridized carbons (Fsp3) is 0.500. The Balaban J connectivity index is 1.38. The first-order valence-electron chi connectivity index (χ1n) is 10.6. The maximum absolute atomic E-state index is 5.49. The van der Waals surface area contributed by atoms with Crippen molar-refractivity contribution in [3.8, 4) is 0 Å². The van der Waals surface area contributed by atoms with Crippen LogP contribution in [0.1, 0.15) is 35.6 Å². The van der Waals surface area contributed by atoms with E-state index in [0.29, 0.717) is 5.92 Å². The molecule has 2 aliphatic heterocycles. The Kier molecular flexibility index (Phi) is 5.16. The number of hydrogen-bond acceptors (Lipinski definition) is 6. The second kappa shape index (κ2) is 8.08.